The minimum absolute atomic E-state index is 0.153. The number of nitrogens with one attached hydrogen (secondary N) is 1. The molecule has 1 aromatic carbocycles. The molecule has 0 radical (unpaired) electrons. The average Bonchev–Trinajstić information content (AvgIpc) is 2.78. The van der Waals surface area contributed by atoms with Crippen LogP contribution in [0, 0.1) is 21.7 Å². The number of thioether (sulfide) groups is 1. The van der Waals surface area contributed by atoms with Crippen molar-refractivity contribution in [2.24, 2.45) is 0 Å². The number of halogens is 2. The Morgan fingerprint density at radius 1 is 1.10 bits per heavy atom. The van der Waals surface area contributed by atoms with Gasteiger partial charge in [-0.2, -0.15) is 0 Å². The van der Waals surface area contributed by atoms with Crippen molar-refractivity contribution in [3.8, 4) is 0 Å². The number of nitro groups is 1. The molecule has 160 valence electrons. The Balaban J connectivity index is 1.53. The molecule has 3 aromatic rings. The van der Waals surface area contributed by atoms with E-state index in [0.717, 1.165) is 23.9 Å². The van der Waals surface area contributed by atoms with Gasteiger partial charge in [0.1, 0.15) is 6.33 Å². The molecule has 4 rings (SSSR count). The second-order valence-corrected chi connectivity index (χ2v) is 8.17. The highest BCUT2D eigenvalue weighted by Crippen LogP contribution is 2.37. The van der Waals surface area contributed by atoms with Crippen molar-refractivity contribution in [3.63, 3.8) is 0 Å². The van der Waals surface area contributed by atoms with Crippen molar-refractivity contribution in [3.05, 3.63) is 70.7 Å². The summed E-state index contributed by atoms with van der Waals surface area (Å²) in [4.78, 5) is 25.4. The Morgan fingerprint density at radius 3 is 2.61 bits per heavy atom. The summed E-state index contributed by atoms with van der Waals surface area (Å²) in [7, 11) is 0. The number of benzene rings is 1. The van der Waals surface area contributed by atoms with Crippen LogP contribution in [-0.2, 0) is 0 Å². The summed E-state index contributed by atoms with van der Waals surface area (Å²) in [5.41, 5.74) is -0.611. The molecule has 31 heavy (non-hydrogen) atoms. The highest BCUT2D eigenvalue weighted by molar-refractivity contribution is 7.99. The van der Waals surface area contributed by atoms with Crippen LogP contribution >= 0.6 is 11.8 Å². The van der Waals surface area contributed by atoms with E-state index in [-0.39, 0.29) is 23.0 Å². The van der Waals surface area contributed by atoms with Crippen LogP contribution < -0.4 is 10.2 Å². The summed E-state index contributed by atoms with van der Waals surface area (Å²) >= 11 is 1.69. The largest absolute Gasteiger partial charge is 0.353 e. The van der Waals surface area contributed by atoms with Crippen LogP contribution in [0.25, 0.3) is 0 Å². The van der Waals surface area contributed by atoms with Crippen LogP contribution in [0.15, 0.2) is 53.9 Å². The molecule has 0 saturated carbocycles. The number of hydrogen-bond donors (Lipinski definition) is 1. The maximum absolute atomic E-state index is 14.0. The summed E-state index contributed by atoms with van der Waals surface area (Å²) < 4.78 is 27.5. The Hall–Kier alpha value is -3.34. The van der Waals surface area contributed by atoms with E-state index < -0.39 is 16.6 Å². The summed E-state index contributed by atoms with van der Waals surface area (Å²) in [6.07, 6.45) is 4.52. The summed E-state index contributed by atoms with van der Waals surface area (Å²) in [5.74, 6) is -2.23. The third kappa shape index (κ3) is 4.71. The third-order valence-electron chi connectivity index (χ3n) is 4.86. The quantitative estimate of drug-likeness (QED) is 0.436. The number of nitrogens with zero attached hydrogens (tertiary/aromatic N) is 5. The highest BCUT2D eigenvalue weighted by Gasteiger charge is 2.30. The van der Waals surface area contributed by atoms with Gasteiger partial charge in [0.25, 0.3) is 0 Å². The standard InChI is InChI=1S/C20H18F2N6O2S/c21-14-4-3-5-15(17(14)22)26-19-18(28(29)30)20(25-12-24-19)27-10-7-13(8-11-27)31-16-6-1-2-9-23-16/h1-6,9,12-13H,7-8,10-11H2,(H,24,25,26). The molecule has 0 bridgehead atoms. The van der Waals surface area contributed by atoms with Crippen molar-refractivity contribution in [2.45, 2.75) is 23.1 Å². The van der Waals surface area contributed by atoms with Crippen LogP contribution in [0.5, 0.6) is 0 Å². The number of piperidine rings is 1. The lowest BCUT2D eigenvalue weighted by Gasteiger charge is -2.32. The van der Waals surface area contributed by atoms with Gasteiger partial charge in [-0.1, -0.05) is 12.1 Å². The Morgan fingerprint density at radius 2 is 1.90 bits per heavy atom. The van der Waals surface area contributed by atoms with E-state index in [0.29, 0.717) is 18.3 Å². The van der Waals surface area contributed by atoms with Crippen molar-refractivity contribution in [1.82, 2.24) is 15.0 Å². The molecule has 0 unspecified atom stereocenters. The van der Waals surface area contributed by atoms with Gasteiger partial charge in [-0.25, -0.2) is 23.7 Å². The zero-order valence-electron chi connectivity index (χ0n) is 16.2. The van der Waals surface area contributed by atoms with E-state index >= 15 is 0 Å². The molecule has 2 aromatic heterocycles. The van der Waals surface area contributed by atoms with Crippen LogP contribution in [0.2, 0.25) is 0 Å². The molecule has 1 aliphatic rings. The van der Waals surface area contributed by atoms with Crippen LogP contribution in [0.1, 0.15) is 12.8 Å². The second-order valence-electron chi connectivity index (χ2n) is 6.85. The van der Waals surface area contributed by atoms with E-state index in [9.17, 15) is 18.9 Å². The molecule has 1 N–H and O–H groups in total. The van der Waals surface area contributed by atoms with E-state index in [4.69, 9.17) is 0 Å². The minimum Gasteiger partial charge on any atom is -0.351 e. The summed E-state index contributed by atoms with van der Waals surface area (Å²) in [6, 6.07) is 9.30. The molecule has 1 fully saturated rings. The fourth-order valence-corrected chi connectivity index (χ4v) is 4.43. The smallest absolute Gasteiger partial charge is 0.351 e. The van der Waals surface area contributed by atoms with E-state index in [1.54, 1.807) is 18.0 Å². The van der Waals surface area contributed by atoms with E-state index in [1.807, 2.05) is 23.1 Å². The number of aromatic nitrogens is 3. The van der Waals surface area contributed by atoms with Gasteiger partial charge < -0.3 is 10.2 Å². The first kappa shape index (κ1) is 20.9. The Bertz CT molecular complexity index is 1080. The minimum atomic E-state index is -1.13. The maximum Gasteiger partial charge on any atom is 0.353 e. The first-order chi connectivity index (χ1) is 15.0. The molecular formula is C20H18F2N6O2S. The summed E-state index contributed by atoms with van der Waals surface area (Å²) in [6.45, 7) is 1.13. The average molecular weight is 444 g/mol. The van der Waals surface area contributed by atoms with Crippen LogP contribution in [0.4, 0.5) is 31.8 Å². The maximum atomic E-state index is 14.0. The highest BCUT2D eigenvalue weighted by atomic mass is 32.2. The SMILES string of the molecule is O=[N+]([O-])c1c(Nc2cccc(F)c2F)ncnc1N1CCC(Sc2ccccn2)CC1. The van der Waals surface area contributed by atoms with Crippen molar-refractivity contribution < 1.29 is 13.7 Å². The lowest BCUT2D eigenvalue weighted by molar-refractivity contribution is -0.383. The van der Waals surface area contributed by atoms with Gasteiger partial charge in [-0.3, -0.25) is 10.1 Å². The molecule has 0 spiro atoms. The first-order valence-corrected chi connectivity index (χ1v) is 10.4. The number of hydrogen-bond acceptors (Lipinski definition) is 8. The zero-order chi connectivity index (χ0) is 21.8. The van der Waals surface area contributed by atoms with E-state index in [2.05, 4.69) is 20.3 Å². The van der Waals surface area contributed by atoms with Gasteiger partial charge in [0.05, 0.1) is 15.6 Å². The molecule has 11 heteroatoms. The molecule has 0 atom stereocenters. The van der Waals surface area contributed by atoms with Gasteiger partial charge >= 0.3 is 5.69 Å². The third-order valence-corrected chi connectivity index (χ3v) is 6.14. The van der Waals surface area contributed by atoms with Crippen molar-refractivity contribution >= 4 is 34.8 Å². The monoisotopic (exact) mass is 444 g/mol. The van der Waals surface area contributed by atoms with E-state index in [1.165, 1.54) is 18.5 Å². The number of rotatable bonds is 6. The molecule has 0 amide bonds. The van der Waals surface area contributed by atoms with Gasteiger partial charge in [-0.15, -0.1) is 11.8 Å². The topological polar surface area (TPSA) is 97.1 Å². The number of anilines is 3. The lowest BCUT2D eigenvalue weighted by atomic mass is 10.1. The fourth-order valence-electron chi connectivity index (χ4n) is 3.36. The summed E-state index contributed by atoms with van der Waals surface area (Å²) in [5, 5.41) is 15.6. The van der Waals surface area contributed by atoms with Gasteiger partial charge in [0.2, 0.25) is 11.6 Å². The predicted octanol–water partition coefficient (Wildman–Crippen LogP) is 4.56. The van der Waals surface area contributed by atoms with Crippen LogP contribution in [0.3, 0.4) is 0 Å². The fraction of sp³-hybridized carbons (Fsp3) is 0.250. The lowest BCUT2D eigenvalue weighted by Crippen LogP contribution is -2.36. The zero-order valence-corrected chi connectivity index (χ0v) is 17.1. The second kappa shape index (κ2) is 9.21. The molecule has 0 aliphatic carbocycles. The Kier molecular flexibility index (Phi) is 6.21. The van der Waals surface area contributed by atoms with Gasteiger partial charge in [0, 0.05) is 24.5 Å². The van der Waals surface area contributed by atoms with Crippen molar-refractivity contribution in [1.29, 1.82) is 0 Å². The molecule has 3 heterocycles. The van der Waals surface area contributed by atoms with Gasteiger partial charge in [0.15, 0.2) is 11.6 Å². The first-order valence-electron chi connectivity index (χ1n) is 9.56. The molecule has 8 nitrogen and oxygen atoms in total. The molecular weight excluding hydrogens is 426 g/mol. The number of pyridine rings is 1. The van der Waals surface area contributed by atoms with Crippen LogP contribution in [-0.4, -0.2) is 38.2 Å². The van der Waals surface area contributed by atoms with Gasteiger partial charge in [-0.05, 0) is 37.1 Å². The predicted molar refractivity (Wildman–Crippen MR) is 114 cm³/mol. The Labute approximate surface area is 180 Å². The van der Waals surface area contributed by atoms with Crippen molar-refractivity contribution in [2.75, 3.05) is 23.3 Å². The normalized spacial score (nSPS) is 14.5. The molecule has 1 aliphatic heterocycles. The molecule has 1 saturated heterocycles.